The average Bonchev–Trinajstić information content (AvgIpc) is 2.73. The van der Waals surface area contributed by atoms with Crippen LogP contribution in [0.2, 0.25) is 0 Å². The van der Waals surface area contributed by atoms with Gasteiger partial charge in [-0.2, -0.15) is 5.26 Å². The first-order valence-corrected chi connectivity index (χ1v) is 5.88. The summed E-state index contributed by atoms with van der Waals surface area (Å²) in [5.41, 5.74) is 0. The van der Waals surface area contributed by atoms with Crippen LogP contribution in [0.4, 0.5) is 0 Å². The lowest BCUT2D eigenvalue weighted by Crippen LogP contribution is -2.30. The summed E-state index contributed by atoms with van der Waals surface area (Å²) in [6.45, 7) is 4.17. The zero-order chi connectivity index (χ0) is 10.4. The number of thiophene rings is 1. The van der Waals surface area contributed by atoms with E-state index in [1.54, 1.807) is 11.3 Å². The lowest BCUT2D eigenvalue weighted by atomic mass is 10.1. The molecular weight excluding hydrogens is 192 g/mol. The van der Waals surface area contributed by atoms with Gasteiger partial charge in [0.15, 0.2) is 0 Å². The minimum absolute atomic E-state index is 0.0259. The summed E-state index contributed by atoms with van der Waals surface area (Å²) in [4.78, 5) is 1.32. The summed E-state index contributed by atoms with van der Waals surface area (Å²) >= 11 is 1.75. The molecule has 14 heavy (non-hydrogen) atoms. The van der Waals surface area contributed by atoms with E-state index < -0.39 is 0 Å². The fourth-order valence-corrected chi connectivity index (χ4v) is 2.25. The highest BCUT2D eigenvalue weighted by atomic mass is 32.1. The van der Waals surface area contributed by atoms with Gasteiger partial charge in [-0.3, -0.25) is 5.32 Å². The first kappa shape index (κ1) is 11.2. The fraction of sp³-hybridized carbons (Fsp3) is 0.545. The minimum Gasteiger partial charge on any atom is -0.294 e. The molecule has 0 aromatic carbocycles. The molecule has 0 saturated carbocycles. The molecule has 3 heteroatoms. The molecule has 0 spiro atoms. The van der Waals surface area contributed by atoms with E-state index in [4.69, 9.17) is 5.26 Å². The van der Waals surface area contributed by atoms with Crippen molar-refractivity contribution in [2.75, 3.05) is 0 Å². The number of nitrogens with one attached hydrogen (secondary N) is 1. The molecule has 2 atom stereocenters. The van der Waals surface area contributed by atoms with Crippen LogP contribution >= 0.6 is 11.3 Å². The molecular formula is C11H16N2S. The summed E-state index contributed by atoms with van der Waals surface area (Å²) in [6, 6.07) is 6.75. The molecule has 0 aliphatic rings. The average molecular weight is 208 g/mol. The van der Waals surface area contributed by atoms with Crippen molar-refractivity contribution in [2.45, 2.75) is 38.8 Å². The quantitative estimate of drug-likeness (QED) is 0.807. The van der Waals surface area contributed by atoms with Crippen molar-refractivity contribution in [3.05, 3.63) is 22.4 Å². The highest BCUT2D eigenvalue weighted by Crippen LogP contribution is 2.22. The molecule has 1 aromatic heterocycles. The largest absolute Gasteiger partial charge is 0.294 e. The lowest BCUT2D eigenvalue weighted by molar-refractivity contribution is 0.475. The van der Waals surface area contributed by atoms with Crippen LogP contribution in [0.15, 0.2) is 17.5 Å². The standard InChI is InChI=1S/C11H16N2S/c1-3-9(8-12)13-10(4-2)11-6-5-7-14-11/h5-7,9-10,13H,3-4H2,1-2H3. The maximum Gasteiger partial charge on any atom is 0.0955 e. The number of nitrogens with zero attached hydrogens (tertiary/aromatic N) is 1. The Morgan fingerprint density at radius 1 is 1.50 bits per heavy atom. The maximum atomic E-state index is 8.86. The Morgan fingerprint density at radius 3 is 2.71 bits per heavy atom. The molecule has 0 amide bonds. The van der Waals surface area contributed by atoms with Crippen LogP contribution in [0, 0.1) is 11.3 Å². The molecule has 2 nitrogen and oxygen atoms in total. The Labute approximate surface area is 89.6 Å². The van der Waals surface area contributed by atoms with Crippen molar-refractivity contribution in [1.29, 1.82) is 5.26 Å². The SMILES string of the molecule is CCC(C#N)NC(CC)c1cccs1. The van der Waals surface area contributed by atoms with E-state index in [0.717, 1.165) is 12.8 Å². The second kappa shape index (κ2) is 5.79. The molecule has 0 saturated heterocycles. The van der Waals surface area contributed by atoms with Crippen LogP contribution in [0.3, 0.4) is 0 Å². The van der Waals surface area contributed by atoms with Gasteiger partial charge in [-0.25, -0.2) is 0 Å². The summed E-state index contributed by atoms with van der Waals surface area (Å²) in [5.74, 6) is 0. The van der Waals surface area contributed by atoms with E-state index in [-0.39, 0.29) is 6.04 Å². The fourth-order valence-electron chi connectivity index (χ4n) is 1.38. The zero-order valence-corrected chi connectivity index (χ0v) is 9.47. The molecule has 0 bridgehead atoms. The number of hydrogen-bond acceptors (Lipinski definition) is 3. The number of nitriles is 1. The Hall–Kier alpha value is -0.850. The normalized spacial score (nSPS) is 14.6. The molecule has 0 fully saturated rings. The first-order chi connectivity index (χ1) is 6.81. The van der Waals surface area contributed by atoms with Gasteiger partial charge in [-0.1, -0.05) is 19.9 Å². The van der Waals surface area contributed by atoms with E-state index in [1.165, 1.54) is 4.88 Å². The summed E-state index contributed by atoms with van der Waals surface area (Å²) in [5, 5.41) is 14.3. The number of rotatable bonds is 5. The van der Waals surface area contributed by atoms with E-state index in [9.17, 15) is 0 Å². The summed E-state index contributed by atoms with van der Waals surface area (Å²) in [6.07, 6.45) is 1.89. The van der Waals surface area contributed by atoms with Crippen LogP contribution in [-0.4, -0.2) is 6.04 Å². The van der Waals surface area contributed by atoms with Crippen molar-refractivity contribution >= 4 is 11.3 Å². The Morgan fingerprint density at radius 2 is 2.29 bits per heavy atom. The van der Waals surface area contributed by atoms with Crippen molar-refractivity contribution in [1.82, 2.24) is 5.32 Å². The molecule has 0 aliphatic carbocycles. The molecule has 2 unspecified atom stereocenters. The van der Waals surface area contributed by atoms with Crippen LogP contribution in [-0.2, 0) is 0 Å². The van der Waals surface area contributed by atoms with Crippen molar-refractivity contribution in [3.63, 3.8) is 0 Å². The third-order valence-corrected chi connectivity index (χ3v) is 3.25. The molecule has 1 rings (SSSR count). The van der Waals surface area contributed by atoms with Gasteiger partial charge in [-0.15, -0.1) is 11.3 Å². The van der Waals surface area contributed by atoms with E-state index >= 15 is 0 Å². The highest BCUT2D eigenvalue weighted by Gasteiger charge is 2.14. The maximum absolute atomic E-state index is 8.86. The van der Waals surface area contributed by atoms with Crippen LogP contribution in [0.5, 0.6) is 0 Å². The van der Waals surface area contributed by atoms with Gasteiger partial charge in [0.25, 0.3) is 0 Å². The third kappa shape index (κ3) is 2.83. The van der Waals surface area contributed by atoms with E-state index in [2.05, 4.69) is 35.8 Å². The second-order valence-electron chi connectivity index (χ2n) is 3.23. The Kier molecular flexibility index (Phi) is 4.64. The van der Waals surface area contributed by atoms with Crippen molar-refractivity contribution in [2.24, 2.45) is 0 Å². The van der Waals surface area contributed by atoms with E-state index in [1.807, 2.05) is 6.92 Å². The molecule has 1 aromatic rings. The van der Waals surface area contributed by atoms with Gasteiger partial charge in [0.05, 0.1) is 12.1 Å². The first-order valence-electron chi connectivity index (χ1n) is 5.00. The van der Waals surface area contributed by atoms with Gasteiger partial charge < -0.3 is 0 Å². The van der Waals surface area contributed by atoms with Gasteiger partial charge in [0.1, 0.15) is 0 Å². The van der Waals surface area contributed by atoms with Crippen molar-refractivity contribution in [3.8, 4) is 6.07 Å². The predicted octanol–water partition coefficient (Wildman–Crippen LogP) is 3.09. The zero-order valence-electron chi connectivity index (χ0n) is 8.66. The summed E-state index contributed by atoms with van der Waals surface area (Å²) in [7, 11) is 0. The smallest absolute Gasteiger partial charge is 0.0955 e. The van der Waals surface area contributed by atoms with Gasteiger partial charge in [-0.05, 0) is 24.3 Å². The van der Waals surface area contributed by atoms with Gasteiger partial charge >= 0.3 is 0 Å². The minimum atomic E-state index is -0.0259. The molecule has 76 valence electrons. The molecule has 0 radical (unpaired) electrons. The monoisotopic (exact) mass is 208 g/mol. The van der Waals surface area contributed by atoms with Crippen molar-refractivity contribution < 1.29 is 0 Å². The van der Waals surface area contributed by atoms with E-state index in [0.29, 0.717) is 6.04 Å². The Balaban J connectivity index is 2.60. The molecule has 1 heterocycles. The molecule has 1 N–H and O–H groups in total. The summed E-state index contributed by atoms with van der Waals surface area (Å²) < 4.78 is 0. The molecule has 0 aliphatic heterocycles. The Bertz CT molecular complexity index is 287. The highest BCUT2D eigenvalue weighted by molar-refractivity contribution is 7.10. The van der Waals surface area contributed by atoms with Gasteiger partial charge in [0, 0.05) is 10.9 Å². The van der Waals surface area contributed by atoms with Crippen LogP contribution in [0.25, 0.3) is 0 Å². The van der Waals surface area contributed by atoms with Gasteiger partial charge in [0.2, 0.25) is 0 Å². The third-order valence-electron chi connectivity index (χ3n) is 2.26. The topological polar surface area (TPSA) is 35.8 Å². The number of hydrogen-bond donors (Lipinski definition) is 1. The predicted molar refractivity (Wildman–Crippen MR) is 60.2 cm³/mol. The lowest BCUT2D eigenvalue weighted by Gasteiger charge is -2.18. The van der Waals surface area contributed by atoms with Crippen LogP contribution in [0.1, 0.15) is 37.6 Å². The second-order valence-corrected chi connectivity index (χ2v) is 4.21. The van der Waals surface area contributed by atoms with Crippen LogP contribution < -0.4 is 5.32 Å².